The summed E-state index contributed by atoms with van der Waals surface area (Å²) in [5.74, 6) is -0.591. The number of benzene rings is 1. The number of nitrogens with zero attached hydrogens (tertiary/aromatic N) is 1. The Bertz CT molecular complexity index is 495. The summed E-state index contributed by atoms with van der Waals surface area (Å²) < 4.78 is 0. The number of anilines is 1. The van der Waals surface area contributed by atoms with Crippen LogP contribution in [0.3, 0.4) is 0 Å². The number of carbonyl (C=O) groups is 1. The molecule has 0 spiro atoms. The van der Waals surface area contributed by atoms with Gasteiger partial charge in [0, 0.05) is 19.8 Å². The molecule has 1 aromatic rings. The lowest BCUT2D eigenvalue weighted by Gasteiger charge is -2.13. The van der Waals surface area contributed by atoms with Crippen LogP contribution < -0.4 is 10.4 Å². The monoisotopic (exact) mass is 292 g/mol. The third kappa shape index (κ3) is 5.11. The van der Waals surface area contributed by atoms with Gasteiger partial charge in [-0.15, -0.1) is 0 Å². The van der Waals surface area contributed by atoms with E-state index in [1.807, 2.05) is 14.1 Å². The lowest BCUT2D eigenvalue weighted by atomic mass is 10.1. The Labute approximate surface area is 124 Å². The minimum atomic E-state index is -0.591. The SMILES string of the molecule is C=C(CCc1ccc(N(C)C)cc1)SC(=C)C(=O)NO. The first-order valence-corrected chi connectivity index (χ1v) is 7.01. The number of rotatable bonds is 7. The van der Waals surface area contributed by atoms with Crippen LogP contribution in [0.15, 0.2) is 47.2 Å². The summed E-state index contributed by atoms with van der Waals surface area (Å²) in [7, 11) is 4.01. The fourth-order valence-electron chi connectivity index (χ4n) is 1.58. The number of hydrogen-bond donors (Lipinski definition) is 2. The molecule has 1 rings (SSSR count). The molecule has 0 aliphatic rings. The first-order valence-electron chi connectivity index (χ1n) is 6.19. The van der Waals surface area contributed by atoms with Crippen LogP contribution in [-0.4, -0.2) is 25.2 Å². The van der Waals surface area contributed by atoms with E-state index in [0.717, 1.165) is 23.4 Å². The zero-order chi connectivity index (χ0) is 15.1. The second kappa shape index (κ2) is 7.77. The van der Waals surface area contributed by atoms with Crippen molar-refractivity contribution < 1.29 is 10.0 Å². The predicted molar refractivity (Wildman–Crippen MR) is 84.9 cm³/mol. The molecule has 0 atom stereocenters. The van der Waals surface area contributed by atoms with Crippen molar-refractivity contribution in [1.82, 2.24) is 5.48 Å². The second-order valence-corrected chi connectivity index (χ2v) is 5.84. The lowest BCUT2D eigenvalue weighted by molar-refractivity contribution is -0.124. The largest absolute Gasteiger partial charge is 0.378 e. The Kier molecular flexibility index (Phi) is 6.35. The molecule has 0 heterocycles. The maximum atomic E-state index is 11.1. The van der Waals surface area contributed by atoms with Gasteiger partial charge in [0.15, 0.2) is 0 Å². The Morgan fingerprint density at radius 2 is 1.90 bits per heavy atom. The van der Waals surface area contributed by atoms with Crippen molar-refractivity contribution in [2.45, 2.75) is 12.8 Å². The van der Waals surface area contributed by atoms with E-state index in [1.165, 1.54) is 17.3 Å². The van der Waals surface area contributed by atoms with E-state index in [4.69, 9.17) is 5.21 Å². The molecule has 0 unspecified atom stereocenters. The smallest absolute Gasteiger partial charge is 0.280 e. The highest BCUT2D eigenvalue weighted by molar-refractivity contribution is 8.07. The van der Waals surface area contributed by atoms with Gasteiger partial charge in [0.25, 0.3) is 5.91 Å². The highest BCUT2D eigenvalue weighted by Gasteiger charge is 2.08. The van der Waals surface area contributed by atoms with Gasteiger partial charge in [0.1, 0.15) is 0 Å². The van der Waals surface area contributed by atoms with E-state index < -0.39 is 5.91 Å². The van der Waals surface area contributed by atoms with Crippen molar-refractivity contribution in [1.29, 1.82) is 0 Å². The average Bonchev–Trinajstić information content (AvgIpc) is 2.44. The van der Waals surface area contributed by atoms with E-state index in [9.17, 15) is 4.79 Å². The van der Waals surface area contributed by atoms with E-state index in [0.29, 0.717) is 0 Å². The molecule has 20 heavy (non-hydrogen) atoms. The van der Waals surface area contributed by atoms with Gasteiger partial charge in [-0.1, -0.05) is 37.1 Å². The van der Waals surface area contributed by atoms with Crippen LogP contribution in [0.4, 0.5) is 5.69 Å². The number of amides is 1. The second-order valence-electron chi connectivity index (χ2n) is 4.57. The van der Waals surface area contributed by atoms with Gasteiger partial charge in [0.05, 0.1) is 4.91 Å². The minimum Gasteiger partial charge on any atom is -0.378 e. The summed E-state index contributed by atoms with van der Waals surface area (Å²) in [6.45, 7) is 7.48. The number of hydrogen-bond acceptors (Lipinski definition) is 4. The molecule has 0 saturated carbocycles. The number of hydroxylamine groups is 1. The molecule has 4 nitrogen and oxygen atoms in total. The molecule has 0 bridgehead atoms. The standard InChI is InChI=1S/C15H20N2O2S/c1-11(20-12(2)15(18)16-19)5-6-13-7-9-14(10-8-13)17(3)4/h7-10,19H,1-2,5-6H2,3-4H3,(H,16,18). The number of thioether (sulfide) groups is 1. The van der Waals surface area contributed by atoms with Crippen LogP contribution in [0.1, 0.15) is 12.0 Å². The van der Waals surface area contributed by atoms with Crippen LogP contribution in [0.2, 0.25) is 0 Å². The Morgan fingerprint density at radius 3 is 2.40 bits per heavy atom. The summed E-state index contributed by atoms with van der Waals surface area (Å²) in [5.41, 5.74) is 3.93. The normalized spacial score (nSPS) is 9.95. The molecule has 0 saturated heterocycles. The Hall–Kier alpha value is -1.72. The third-order valence-electron chi connectivity index (χ3n) is 2.77. The topological polar surface area (TPSA) is 52.6 Å². The van der Waals surface area contributed by atoms with Crippen LogP contribution in [0, 0.1) is 0 Å². The lowest BCUT2D eigenvalue weighted by Crippen LogP contribution is -2.18. The van der Waals surface area contributed by atoms with E-state index in [2.05, 4.69) is 42.3 Å². The first kappa shape index (κ1) is 16.3. The number of allylic oxidation sites excluding steroid dienone is 1. The summed E-state index contributed by atoms with van der Waals surface area (Å²) in [5, 5.41) is 8.49. The van der Waals surface area contributed by atoms with Gasteiger partial charge in [-0.3, -0.25) is 10.0 Å². The van der Waals surface area contributed by atoms with E-state index in [1.54, 1.807) is 5.48 Å². The summed E-state index contributed by atoms with van der Waals surface area (Å²) in [4.78, 5) is 14.2. The molecule has 2 N–H and O–H groups in total. The van der Waals surface area contributed by atoms with Crippen LogP contribution in [0.5, 0.6) is 0 Å². The molecule has 0 fully saturated rings. The highest BCUT2D eigenvalue weighted by Crippen LogP contribution is 2.26. The van der Waals surface area contributed by atoms with E-state index >= 15 is 0 Å². The van der Waals surface area contributed by atoms with Crippen molar-refractivity contribution in [3.63, 3.8) is 0 Å². The fourth-order valence-corrected chi connectivity index (χ4v) is 2.27. The minimum absolute atomic E-state index is 0.237. The molecule has 1 amide bonds. The Morgan fingerprint density at radius 1 is 1.30 bits per heavy atom. The molecule has 0 aromatic heterocycles. The molecule has 0 radical (unpaired) electrons. The zero-order valence-corrected chi connectivity index (χ0v) is 12.7. The molecule has 1 aromatic carbocycles. The molecular formula is C15H20N2O2S. The quantitative estimate of drug-likeness (QED) is 0.461. The van der Waals surface area contributed by atoms with E-state index in [-0.39, 0.29) is 4.91 Å². The third-order valence-corrected chi connectivity index (χ3v) is 3.69. The van der Waals surface area contributed by atoms with Gasteiger partial charge in [-0.25, -0.2) is 5.48 Å². The average molecular weight is 292 g/mol. The fraction of sp³-hybridized carbons (Fsp3) is 0.267. The summed E-state index contributed by atoms with van der Waals surface area (Å²) in [6.07, 6.45) is 1.61. The number of nitrogens with one attached hydrogen (secondary N) is 1. The number of aryl methyl sites for hydroxylation is 1. The van der Waals surface area contributed by atoms with Crippen LogP contribution in [0.25, 0.3) is 0 Å². The maximum Gasteiger partial charge on any atom is 0.280 e. The van der Waals surface area contributed by atoms with Crippen molar-refractivity contribution >= 4 is 23.4 Å². The molecule has 0 aliphatic carbocycles. The summed E-state index contributed by atoms with van der Waals surface area (Å²) in [6, 6.07) is 8.32. The van der Waals surface area contributed by atoms with Gasteiger partial charge >= 0.3 is 0 Å². The van der Waals surface area contributed by atoms with Gasteiger partial charge in [0.2, 0.25) is 0 Å². The van der Waals surface area contributed by atoms with Crippen molar-refractivity contribution in [3.05, 3.63) is 52.8 Å². The van der Waals surface area contributed by atoms with Crippen LogP contribution in [-0.2, 0) is 11.2 Å². The van der Waals surface area contributed by atoms with Gasteiger partial charge in [-0.05, 0) is 35.4 Å². The predicted octanol–water partition coefficient (Wildman–Crippen LogP) is 2.95. The molecule has 5 heteroatoms. The van der Waals surface area contributed by atoms with Gasteiger partial charge in [-0.2, -0.15) is 0 Å². The molecule has 108 valence electrons. The number of carbonyl (C=O) groups excluding carboxylic acids is 1. The first-order chi connectivity index (χ1) is 9.43. The van der Waals surface area contributed by atoms with Crippen LogP contribution >= 0.6 is 11.8 Å². The molecular weight excluding hydrogens is 272 g/mol. The molecule has 0 aliphatic heterocycles. The Balaban J connectivity index is 2.45. The zero-order valence-electron chi connectivity index (χ0n) is 11.8. The van der Waals surface area contributed by atoms with Crippen molar-refractivity contribution in [2.75, 3.05) is 19.0 Å². The van der Waals surface area contributed by atoms with Crippen molar-refractivity contribution in [2.24, 2.45) is 0 Å². The van der Waals surface area contributed by atoms with Gasteiger partial charge < -0.3 is 4.90 Å². The maximum absolute atomic E-state index is 11.1. The van der Waals surface area contributed by atoms with Crippen molar-refractivity contribution in [3.8, 4) is 0 Å². The highest BCUT2D eigenvalue weighted by atomic mass is 32.2. The summed E-state index contributed by atoms with van der Waals surface area (Å²) >= 11 is 1.19.